The summed E-state index contributed by atoms with van der Waals surface area (Å²) in [6, 6.07) is 10.7. The van der Waals surface area contributed by atoms with E-state index in [2.05, 4.69) is 4.98 Å². The van der Waals surface area contributed by atoms with Gasteiger partial charge in [0.25, 0.3) is 0 Å². The lowest BCUT2D eigenvalue weighted by Gasteiger charge is -2.17. The summed E-state index contributed by atoms with van der Waals surface area (Å²) < 4.78 is 54.9. The van der Waals surface area contributed by atoms with Crippen LogP contribution in [0.2, 0.25) is 0 Å². The van der Waals surface area contributed by atoms with E-state index in [1.54, 1.807) is 0 Å². The van der Waals surface area contributed by atoms with Crippen molar-refractivity contribution in [2.75, 3.05) is 13.7 Å². The van der Waals surface area contributed by atoms with E-state index in [1.807, 2.05) is 39.0 Å². The number of aryl methyl sites for hydroxylation is 2. The quantitative estimate of drug-likeness (QED) is 0.297. The second-order valence-corrected chi connectivity index (χ2v) is 8.93. The highest BCUT2D eigenvalue weighted by Gasteiger charge is 2.30. The molecule has 1 aromatic heterocycles. The van der Waals surface area contributed by atoms with Gasteiger partial charge in [-0.3, -0.25) is 0 Å². The van der Waals surface area contributed by atoms with E-state index in [0.29, 0.717) is 29.3 Å². The minimum atomic E-state index is -4.37. The Morgan fingerprint density at radius 2 is 1.80 bits per heavy atom. The van der Waals surface area contributed by atoms with E-state index < -0.39 is 23.8 Å². The van der Waals surface area contributed by atoms with Crippen molar-refractivity contribution in [2.45, 2.75) is 52.5 Å². The number of rotatable bonds is 10. The van der Waals surface area contributed by atoms with Gasteiger partial charge >= 0.3 is 12.1 Å². The van der Waals surface area contributed by atoms with Crippen LogP contribution in [0.5, 0.6) is 5.75 Å². The summed E-state index contributed by atoms with van der Waals surface area (Å²) in [7, 11) is 1.34. The Morgan fingerprint density at radius 3 is 2.40 bits per heavy atom. The first-order valence-electron chi connectivity index (χ1n) is 11.2. The molecule has 0 saturated carbocycles. The third-order valence-electron chi connectivity index (χ3n) is 5.52. The van der Waals surface area contributed by atoms with Crippen molar-refractivity contribution in [3.8, 4) is 16.3 Å². The van der Waals surface area contributed by atoms with Crippen LogP contribution in [0.4, 0.5) is 13.2 Å². The molecule has 0 bridgehead atoms. The van der Waals surface area contributed by atoms with Gasteiger partial charge in [0.2, 0.25) is 0 Å². The van der Waals surface area contributed by atoms with Crippen molar-refractivity contribution in [1.82, 2.24) is 4.98 Å². The molecule has 0 N–H and O–H groups in total. The lowest BCUT2D eigenvalue weighted by molar-refractivity contribution is -0.153. The Morgan fingerprint density at radius 1 is 1.09 bits per heavy atom. The maximum atomic E-state index is 12.8. The summed E-state index contributed by atoms with van der Waals surface area (Å²) in [5.74, 6) is 0.277. The van der Waals surface area contributed by atoms with Crippen molar-refractivity contribution in [1.29, 1.82) is 0 Å². The van der Waals surface area contributed by atoms with Gasteiger partial charge in [0, 0.05) is 18.6 Å². The average molecular weight is 508 g/mol. The fourth-order valence-electron chi connectivity index (χ4n) is 3.60. The Kier molecular flexibility index (Phi) is 8.91. The van der Waals surface area contributed by atoms with Crippen molar-refractivity contribution in [2.24, 2.45) is 0 Å². The third kappa shape index (κ3) is 6.82. The summed E-state index contributed by atoms with van der Waals surface area (Å²) in [4.78, 5) is 17.4. The van der Waals surface area contributed by atoms with Crippen LogP contribution in [-0.4, -0.2) is 30.8 Å². The fraction of sp³-hybridized carbons (Fsp3) is 0.385. The zero-order valence-corrected chi connectivity index (χ0v) is 20.9. The number of halogens is 3. The first-order chi connectivity index (χ1) is 16.7. The summed E-state index contributed by atoms with van der Waals surface area (Å²) in [5.41, 5.74) is 2.75. The largest absolute Gasteiger partial charge is 0.488 e. The van der Waals surface area contributed by atoms with Crippen LogP contribution in [-0.2, 0) is 39.9 Å². The zero-order chi connectivity index (χ0) is 25.6. The predicted molar refractivity (Wildman–Crippen MR) is 129 cm³/mol. The molecule has 0 radical (unpaired) electrons. The maximum absolute atomic E-state index is 12.8. The van der Waals surface area contributed by atoms with Gasteiger partial charge < -0.3 is 14.2 Å². The topological polar surface area (TPSA) is 57.7 Å². The Bertz CT molecular complexity index is 1140. The van der Waals surface area contributed by atoms with Crippen molar-refractivity contribution in [3.05, 3.63) is 69.7 Å². The molecule has 0 amide bonds. The second-order valence-electron chi connectivity index (χ2n) is 7.85. The number of esters is 1. The molecular weight excluding hydrogens is 479 g/mol. The first-order valence-corrected chi connectivity index (χ1v) is 12.1. The normalized spacial score (nSPS) is 12.4. The molecule has 35 heavy (non-hydrogen) atoms. The number of hydrogen-bond donors (Lipinski definition) is 0. The number of alkyl halides is 3. The molecule has 0 aliphatic rings. The Balaban J connectivity index is 1.71. The maximum Gasteiger partial charge on any atom is 0.416 e. The van der Waals surface area contributed by atoms with Gasteiger partial charge in [-0.15, -0.1) is 11.3 Å². The van der Waals surface area contributed by atoms with Gasteiger partial charge in [-0.1, -0.05) is 25.1 Å². The lowest BCUT2D eigenvalue weighted by atomic mass is 9.99. The van der Waals surface area contributed by atoms with Gasteiger partial charge in [-0.25, -0.2) is 9.78 Å². The first kappa shape index (κ1) is 26.7. The zero-order valence-electron chi connectivity index (χ0n) is 20.1. The number of ether oxygens (including phenoxy) is 3. The summed E-state index contributed by atoms with van der Waals surface area (Å²) in [6.07, 6.45) is -3.86. The third-order valence-corrected chi connectivity index (χ3v) is 6.70. The van der Waals surface area contributed by atoms with E-state index in [9.17, 15) is 18.0 Å². The van der Waals surface area contributed by atoms with Gasteiger partial charge in [0.1, 0.15) is 17.4 Å². The number of benzene rings is 2. The fourth-order valence-corrected chi connectivity index (χ4v) is 4.58. The van der Waals surface area contributed by atoms with E-state index >= 15 is 0 Å². The molecule has 1 heterocycles. The Labute approximate surface area is 206 Å². The number of aromatic nitrogens is 1. The van der Waals surface area contributed by atoms with Crippen molar-refractivity contribution in [3.63, 3.8) is 0 Å². The Hall–Kier alpha value is -2.91. The minimum Gasteiger partial charge on any atom is -0.488 e. The molecule has 9 heteroatoms. The van der Waals surface area contributed by atoms with Crippen LogP contribution >= 0.6 is 11.3 Å². The number of carbonyl (C=O) groups excluding carboxylic acids is 1. The highest BCUT2D eigenvalue weighted by atomic mass is 32.1. The smallest absolute Gasteiger partial charge is 0.416 e. The average Bonchev–Trinajstić information content (AvgIpc) is 3.22. The lowest BCUT2D eigenvalue weighted by Crippen LogP contribution is -2.28. The van der Waals surface area contributed by atoms with Gasteiger partial charge in [-0.2, -0.15) is 13.2 Å². The monoisotopic (exact) mass is 507 g/mol. The van der Waals surface area contributed by atoms with Crippen LogP contribution in [0.1, 0.15) is 41.1 Å². The van der Waals surface area contributed by atoms with Crippen molar-refractivity contribution >= 4 is 17.3 Å². The van der Waals surface area contributed by atoms with Crippen LogP contribution in [0, 0.1) is 6.92 Å². The van der Waals surface area contributed by atoms with Gasteiger partial charge in [-0.05, 0) is 55.7 Å². The number of carbonyl (C=O) groups is 1. The van der Waals surface area contributed by atoms with E-state index in [0.717, 1.165) is 40.3 Å². The van der Waals surface area contributed by atoms with Crippen molar-refractivity contribution < 1.29 is 32.2 Å². The molecule has 1 atom stereocenters. The second kappa shape index (κ2) is 11.7. The molecule has 0 saturated heterocycles. The van der Waals surface area contributed by atoms with E-state index in [4.69, 9.17) is 14.2 Å². The van der Waals surface area contributed by atoms with E-state index in [-0.39, 0.29) is 6.61 Å². The minimum absolute atomic E-state index is 0.288. The number of methoxy groups -OCH3 is 1. The SMILES string of the molecule is CCO[C@@H](Cc1ccc(OCc2sc(-c3ccc(C(F)(F)F)cc3)nc2C)cc1CC)C(=O)OC. The predicted octanol–water partition coefficient (Wildman–Crippen LogP) is 6.40. The molecule has 0 aliphatic carbocycles. The van der Waals surface area contributed by atoms with Gasteiger partial charge in [0.15, 0.2) is 6.10 Å². The summed E-state index contributed by atoms with van der Waals surface area (Å²) >= 11 is 1.39. The number of nitrogens with zero attached hydrogens (tertiary/aromatic N) is 1. The number of thiazole rings is 1. The van der Waals surface area contributed by atoms with Crippen LogP contribution in [0.3, 0.4) is 0 Å². The van der Waals surface area contributed by atoms with E-state index in [1.165, 1.54) is 30.6 Å². The molecule has 0 unspecified atom stereocenters. The molecule has 188 valence electrons. The highest BCUT2D eigenvalue weighted by Crippen LogP contribution is 2.33. The molecule has 5 nitrogen and oxygen atoms in total. The molecular formula is C26H28F3NO4S. The number of hydrogen-bond acceptors (Lipinski definition) is 6. The molecule has 2 aromatic carbocycles. The summed E-state index contributed by atoms with van der Waals surface area (Å²) in [6.45, 7) is 6.41. The molecule has 0 aliphatic heterocycles. The molecule has 3 aromatic rings. The van der Waals surface area contributed by atoms with Gasteiger partial charge in [0.05, 0.1) is 23.2 Å². The van der Waals surface area contributed by atoms with Crippen LogP contribution < -0.4 is 4.74 Å². The molecule has 0 fully saturated rings. The highest BCUT2D eigenvalue weighted by molar-refractivity contribution is 7.15. The molecule has 3 rings (SSSR count). The molecule has 0 spiro atoms. The standard InChI is InChI=1S/C26H28F3NO4S/c1-5-17-13-21(12-9-19(17)14-22(33-6-2)25(31)32-4)34-15-23-16(3)30-24(35-23)18-7-10-20(11-8-18)26(27,28)29/h7-13,22H,5-6,14-15H2,1-4H3/t22-/m0/s1. The van der Waals surface area contributed by atoms with Crippen LogP contribution in [0.15, 0.2) is 42.5 Å². The summed E-state index contributed by atoms with van der Waals surface area (Å²) in [5, 5.41) is 0.643. The van der Waals surface area contributed by atoms with Crippen LogP contribution in [0.25, 0.3) is 10.6 Å².